The van der Waals surface area contributed by atoms with Gasteiger partial charge in [-0.25, -0.2) is 4.79 Å². The van der Waals surface area contributed by atoms with E-state index in [1.807, 2.05) is 24.3 Å². The molecule has 0 radical (unpaired) electrons. The molecule has 0 aliphatic carbocycles. The molecule has 0 fully saturated rings. The molecule has 0 bridgehead atoms. The van der Waals surface area contributed by atoms with Crippen molar-refractivity contribution in [2.75, 3.05) is 0 Å². The maximum atomic E-state index is 11.4. The molecule has 1 aliphatic heterocycles. The van der Waals surface area contributed by atoms with Crippen LogP contribution in [0.2, 0.25) is 5.02 Å². The van der Waals surface area contributed by atoms with Crippen LogP contribution in [0.25, 0.3) is 11.1 Å². The average molecular weight is 317 g/mol. The van der Waals surface area contributed by atoms with Crippen molar-refractivity contribution in [1.82, 2.24) is 0 Å². The zero-order valence-electron chi connectivity index (χ0n) is 11.7. The molecule has 2 N–H and O–H groups in total. The number of carbonyl (C=O) groups excluding carboxylic acids is 1. The van der Waals surface area contributed by atoms with E-state index in [2.05, 4.69) is 0 Å². The van der Waals surface area contributed by atoms with Gasteiger partial charge in [-0.05, 0) is 30.2 Å². The summed E-state index contributed by atoms with van der Waals surface area (Å²) in [6, 6.07) is 14.6. The molecule has 0 saturated heterocycles. The molecule has 112 valence electrons. The van der Waals surface area contributed by atoms with Gasteiger partial charge in [-0.15, -0.1) is 0 Å². The summed E-state index contributed by atoms with van der Waals surface area (Å²) >= 11 is 5.87. The number of hydrogen-bond donors (Lipinski definition) is 2. The molecule has 22 heavy (non-hydrogen) atoms. The van der Waals surface area contributed by atoms with Gasteiger partial charge in [-0.1, -0.05) is 48.0 Å². The third-order valence-electron chi connectivity index (χ3n) is 3.78. The highest BCUT2D eigenvalue weighted by atomic mass is 35.5. The molecule has 1 atom stereocenters. The number of rotatable bonds is 2. The number of hydrogen-bond acceptors (Lipinski definition) is 4. The maximum absolute atomic E-state index is 11.4. The summed E-state index contributed by atoms with van der Waals surface area (Å²) in [5, 5.41) is 20.1. The van der Waals surface area contributed by atoms with Gasteiger partial charge >= 0.3 is 5.97 Å². The highest BCUT2D eigenvalue weighted by molar-refractivity contribution is 6.30. The molecule has 4 nitrogen and oxygen atoms in total. The van der Waals surface area contributed by atoms with Gasteiger partial charge in [0, 0.05) is 10.6 Å². The van der Waals surface area contributed by atoms with Crippen LogP contribution in [0.1, 0.15) is 12.5 Å². The minimum atomic E-state index is -1.36. The second-order valence-corrected chi connectivity index (χ2v) is 5.64. The largest absolute Gasteiger partial charge is 0.505 e. The van der Waals surface area contributed by atoms with E-state index in [0.29, 0.717) is 10.6 Å². The van der Waals surface area contributed by atoms with E-state index in [0.717, 1.165) is 11.1 Å². The first-order chi connectivity index (χ1) is 10.4. The summed E-state index contributed by atoms with van der Waals surface area (Å²) in [5.74, 6) is -2.15. The number of ether oxygens (including phenoxy) is 1. The molecule has 3 rings (SSSR count). The fraction of sp³-hybridized carbons (Fsp3) is 0.118. The number of esters is 1. The Hall–Kier alpha value is -2.46. The van der Waals surface area contributed by atoms with Crippen molar-refractivity contribution in [3.8, 4) is 11.1 Å². The van der Waals surface area contributed by atoms with Crippen molar-refractivity contribution in [2.24, 2.45) is 0 Å². The quantitative estimate of drug-likeness (QED) is 0.818. The van der Waals surface area contributed by atoms with Crippen LogP contribution in [0, 0.1) is 0 Å². The Labute approximate surface area is 132 Å². The van der Waals surface area contributed by atoms with E-state index in [4.69, 9.17) is 16.3 Å². The highest BCUT2D eigenvalue weighted by Gasteiger charge is 2.46. The number of aliphatic hydroxyl groups excluding tert-OH is 2. The van der Waals surface area contributed by atoms with Crippen molar-refractivity contribution in [3.63, 3.8) is 0 Å². The van der Waals surface area contributed by atoms with Gasteiger partial charge in [0.2, 0.25) is 5.76 Å². The molecule has 2 aromatic carbocycles. The van der Waals surface area contributed by atoms with Crippen LogP contribution in [-0.2, 0) is 15.1 Å². The molecular formula is C17H13ClO4. The Balaban J connectivity index is 1.95. The standard InChI is InChI=1S/C17H13ClO4/c1-17(15(20)14(19)16(21)22-17)12-6-2-10(3-7-12)11-4-8-13(18)9-5-11/h2-9,19-20H,1H3/t17-/m0/s1. The fourth-order valence-corrected chi connectivity index (χ4v) is 2.55. The molecule has 1 aliphatic rings. The van der Waals surface area contributed by atoms with Crippen LogP contribution in [0.4, 0.5) is 0 Å². The molecule has 0 spiro atoms. The van der Waals surface area contributed by atoms with Crippen molar-refractivity contribution in [1.29, 1.82) is 0 Å². The van der Waals surface area contributed by atoms with E-state index < -0.39 is 23.1 Å². The fourth-order valence-electron chi connectivity index (χ4n) is 2.42. The lowest BCUT2D eigenvalue weighted by molar-refractivity contribution is -0.149. The topological polar surface area (TPSA) is 66.8 Å². The van der Waals surface area contributed by atoms with E-state index in [-0.39, 0.29) is 0 Å². The molecule has 1 heterocycles. The molecule has 0 saturated carbocycles. The predicted molar refractivity (Wildman–Crippen MR) is 82.6 cm³/mol. The predicted octanol–water partition coefficient (Wildman–Crippen LogP) is 4.11. The van der Waals surface area contributed by atoms with Crippen molar-refractivity contribution in [2.45, 2.75) is 12.5 Å². The minimum absolute atomic E-state index is 0.475. The van der Waals surface area contributed by atoms with Gasteiger partial charge in [-0.3, -0.25) is 0 Å². The first kappa shape index (κ1) is 14.5. The number of cyclic esters (lactones) is 1. The summed E-state index contributed by atoms with van der Waals surface area (Å²) in [4.78, 5) is 11.4. The van der Waals surface area contributed by atoms with Crippen LogP contribution in [-0.4, -0.2) is 16.2 Å². The number of aliphatic hydroxyl groups is 2. The summed E-state index contributed by atoms with van der Waals surface area (Å²) in [6.07, 6.45) is 0. The Morgan fingerprint density at radius 1 is 0.955 bits per heavy atom. The molecule has 2 aromatic rings. The van der Waals surface area contributed by atoms with Crippen LogP contribution < -0.4 is 0 Å². The summed E-state index contributed by atoms with van der Waals surface area (Å²) in [6.45, 7) is 1.53. The smallest absolute Gasteiger partial charge is 0.378 e. The summed E-state index contributed by atoms with van der Waals surface area (Å²) in [7, 11) is 0. The van der Waals surface area contributed by atoms with E-state index in [9.17, 15) is 15.0 Å². The normalized spacial score (nSPS) is 21.1. The Morgan fingerprint density at radius 3 is 1.91 bits per heavy atom. The first-order valence-corrected chi connectivity index (χ1v) is 7.02. The van der Waals surface area contributed by atoms with E-state index in [1.165, 1.54) is 6.92 Å². The Bertz CT molecular complexity index is 762. The van der Waals surface area contributed by atoms with Gasteiger partial charge in [0.1, 0.15) is 0 Å². The van der Waals surface area contributed by atoms with Crippen LogP contribution in [0.15, 0.2) is 60.0 Å². The molecule has 0 aromatic heterocycles. The third kappa shape index (κ3) is 2.22. The molecule has 0 amide bonds. The maximum Gasteiger partial charge on any atom is 0.378 e. The summed E-state index contributed by atoms with van der Waals surface area (Å²) in [5.41, 5.74) is 1.16. The lowest BCUT2D eigenvalue weighted by Gasteiger charge is -2.23. The van der Waals surface area contributed by atoms with Crippen LogP contribution in [0.3, 0.4) is 0 Å². The van der Waals surface area contributed by atoms with Gasteiger partial charge in [0.25, 0.3) is 0 Å². The Morgan fingerprint density at radius 2 is 1.45 bits per heavy atom. The van der Waals surface area contributed by atoms with E-state index in [1.54, 1.807) is 24.3 Å². The van der Waals surface area contributed by atoms with Gasteiger partial charge < -0.3 is 14.9 Å². The lowest BCUT2D eigenvalue weighted by Crippen LogP contribution is -2.25. The van der Waals surface area contributed by atoms with Crippen molar-refractivity contribution in [3.05, 3.63) is 70.6 Å². The van der Waals surface area contributed by atoms with Crippen LogP contribution >= 0.6 is 11.6 Å². The molecular weight excluding hydrogens is 304 g/mol. The second kappa shape index (κ2) is 5.07. The lowest BCUT2D eigenvalue weighted by atomic mass is 9.92. The number of benzene rings is 2. The molecule has 0 unspecified atom stereocenters. The Kier molecular flexibility index (Phi) is 3.34. The molecule has 5 heteroatoms. The first-order valence-electron chi connectivity index (χ1n) is 6.64. The van der Waals surface area contributed by atoms with Gasteiger partial charge in [0.15, 0.2) is 11.4 Å². The van der Waals surface area contributed by atoms with Crippen molar-refractivity contribution < 1.29 is 19.7 Å². The average Bonchev–Trinajstić information content (AvgIpc) is 2.73. The van der Waals surface area contributed by atoms with Crippen LogP contribution in [0.5, 0.6) is 0 Å². The van der Waals surface area contributed by atoms with Crippen molar-refractivity contribution >= 4 is 17.6 Å². The number of carbonyl (C=O) groups is 1. The SMILES string of the molecule is C[C@@]1(c2ccc(-c3ccc(Cl)cc3)cc2)OC(=O)C(O)=C1O. The zero-order valence-corrected chi connectivity index (χ0v) is 12.5. The van der Waals surface area contributed by atoms with Gasteiger partial charge in [0.05, 0.1) is 0 Å². The number of halogens is 1. The second-order valence-electron chi connectivity index (χ2n) is 5.20. The third-order valence-corrected chi connectivity index (χ3v) is 4.03. The minimum Gasteiger partial charge on any atom is -0.505 e. The van der Waals surface area contributed by atoms with E-state index >= 15 is 0 Å². The van der Waals surface area contributed by atoms with Gasteiger partial charge in [-0.2, -0.15) is 0 Å². The summed E-state index contributed by atoms with van der Waals surface area (Å²) < 4.78 is 5.09. The highest BCUT2D eigenvalue weighted by Crippen LogP contribution is 2.39. The zero-order chi connectivity index (χ0) is 15.9. The monoisotopic (exact) mass is 316 g/mol.